The van der Waals surface area contributed by atoms with E-state index >= 15 is 0 Å². The third kappa shape index (κ3) is 16.1. The van der Waals surface area contributed by atoms with Gasteiger partial charge in [-0.15, -0.1) is 0 Å². The van der Waals surface area contributed by atoms with Crippen molar-refractivity contribution in [2.45, 2.75) is 51.0 Å². The van der Waals surface area contributed by atoms with E-state index in [1.165, 1.54) is 0 Å². The third-order valence-electron chi connectivity index (χ3n) is 8.98. The first-order chi connectivity index (χ1) is 28.7. The molecular formula is C46H50N4O9. The zero-order valence-electron chi connectivity index (χ0n) is 32.7. The lowest BCUT2D eigenvalue weighted by Gasteiger charge is -2.31. The highest BCUT2D eigenvalue weighted by atomic mass is 16.6. The first kappa shape index (κ1) is 43.6. The van der Waals surface area contributed by atoms with Crippen molar-refractivity contribution in [2.75, 3.05) is 26.2 Å². The minimum atomic E-state index is -1.12. The maximum Gasteiger partial charge on any atom is 0.407 e. The van der Waals surface area contributed by atoms with Gasteiger partial charge in [0.2, 0.25) is 0 Å². The van der Waals surface area contributed by atoms with Gasteiger partial charge in [-0.2, -0.15) is 0 Å². The summed E-state index contributed by atoms with van der Waals surface area (Å²) in [5, 5.41) is 2.94. The number of benzene rings is 5. The molecule has 59 heavy (non-hydrogen) atoms. The van der Waals surface area contributed by atoms with Gasteiger partial charge in [0.1, 0.15) is 44.3 Å². The van der Waals surface area contributed by atoms with E-state index in [-0.39, 0.29) is 59.1 Å². The van der Waals surface area contributed by atoms with Gasteiger partial charge in [-0.1, -0.05) is 133 Å². The molecule has 0 saturated heterocycles. The summed E-state index contributed by atoms with van der Waals surface area (Å²) in [6.07, 6.45) is -0.386. The number of rotatable bonds is 22. The van der Waals surface area contributed by atoms with Gasteiger partial charge in [-0.05, 0) is 46.4 Å². The standard InChI is InChI=1S/C46H50N4O9/c47-41(44(52)57-30-36-15-7-2-8-16-36)27-50(28-42(48)45(53)58-31-37-17-9-3-10-18-37)26-39(49-46(54)59-32-38-19-11-4-12-20-38)25-34-21-23-40(24-22-34)55-33-43(51)56-29-35-13-5-1-6-14-35/h1-24,39,41-42H,25-33,47-48H2,(H,49,54). The number of carbonyl (C=O) groups excluding carboxylic acids is 4. The van der Waals surface area contributed by atoms with Crippen LogP contribution in [0.5, 0.6) is 5.75 Å². The highest BCUT2D eigenvalue weighted by Crippen LogP contribution is 2.16. The first-order valence-electron chi connectivity index (χ1n) is 19.2. The number of hydrogen-bond donors (Lipinski definition) is 3. The van der Waals surface area contributed by atoms with Crippen LogP contribution in [0.25, 0.3) is 0 Å². The SMILES string of the molecule is NC(CN(CC(Cc1ccc(OCC(=O)OCc2ccccc2)cc1)NC(=O)OCc1ccccc1)CC(N)C(=O)OCc1ccccc1)C(=O)OCc1ccccc1. The number of nitrogens with zero attached hydrogens (tertiary/aromatic N) is 1. The van der Waals surface area contributed by atoms with Crippen molar-refractivity contribution in [2.24, 2.45) is 11.5 Å². The van der Waals surface area contributed by atoms with Gasteiger partial charge < -0.3 is 40.5 Å². The molecule has 0 spiro atoms. The summed E-state index contributed by atoms with van der Waals surface area (Å²) in [4.78, 5) is 53.5. The third-order valence-corrected chi connectivity index (χ3v) is 8.98. The molecule has 5 aromatic rings. The average Bonchev–Trinajstić information content (AvgIpc) is 3.27. The molecule has 5 N–H and O–H groups in total. The van der Waals surface area contributed by atoms with Crippen molar-refractivity contribution < 1.29 is 42.9 Å². The summed E-state index contributed by atoms with van der Waals surface area (Å²) in [5.74, 6) is -1.37. The van der Waals surface area contributed by atoms with Crippen LogP contribution in [-0.2, 0) is 66.2 Å². The molecule has 5 rings (SSSR count). The lowest BCUT2D eigenvalue weighted by atomic mass is 10.0. The van der Waals surface area contributed by atoms with Gasteiger partial charge in [0, 0.05) is 25.7 Å². The van der Waals surface area contributed by atoms with Crippen LogP contribution in [0.4, 0.5) is 4.79 Å². The Labute approximate surface area is 344 Å². The Morgan fingerprint density at radius 2 is 0.898 bits per heavy atom. The summed E-state index contributed by atoms with van der Waals surface area (Å²) in [6, 6.07) is 41.2. The van der Waals surface area contributed by atoms with Gasteiger partial charge in [0.05, 0.1) is 0 Å². The Hall–Kier alpha value is -6.54. The quantitative estimate of drug-likeness (QED) is 0.0624. The Morgan fingerprint density at radius 1 is 0.492 bits per heavy atom. The molecule has 0 aromatic heterocycles. The van der Waals surface area contributed by atoms with Crippen LogP contribution in [0.2, 0.25) is 0 Å². The van der Waals surface area contributed by atoms with E-state index in [4.69, 9.17) is 35.2 Å². The predicted octanol–water partition coefficient (Wildman–Crippen LogP) is 5.09. The van der Waals surface area contributed by atoms with Crippen LogP contribution in [-0.4, -0.2) is 73.3 Å². The van der Waals surface area contributed by atoms with Crippen molar-refractivity contribution in [3.63, 3.8) is 0 Å². The molecule has 0 fully saturated rings. The Morgan fingerprint density at radius 3 is 1.34 bits per heavy atom. The normalized spacial score (nSPS) is 12.4. The van der Waals surface area contributed by atoms with Crippen molar-refractivity contribution >= 4 is 24.0 Å². The number of hydrogen-bond acceptors (Lipinski definition) is 12. The summed E-state index contributed by atoms with van der Waals surface area (Å²) in [6.45, 7) is -0.0450. The Bertz CT molecular complexity index is 1960. The monoisotopic (exact) mass is 802 g/mol. The highest BCUT2D eigenvalue weighted by molar-refractivity contribution is 5.76. The summed E-state index contributed by atoms with van der Waals surface area (Å²) in [7, 11) is 0. The molecule has 0 aliphatic rings. The molecule has 0 aliphatic carbocycles. The van der Waals surface area contributed by atoms with E-state index in [9.17, 15) is 19.2 Å². The molecule has 0 bridgehead atoms. The molecular weight excluding hydrogens is 753 g/mol. The predicted molar refractivity (Wildman–Crippen MR) is 220 cm³/mol. The minimum Gasteiger partial charge on any atom is -0.482 e. The smallest absolute Gasteiger partial charge is 0.407 e. The van der Waals surface area contributed by atoms with Crippen molar-refractivity contribution in [1.29, 1.82) is 0 Å². The Kier molecular flexibility index (Phi) is 17.5. The molecule has 0 saturated carbocycles. The molecule has 0 radical (unpaired) electrons. The number of nitrogens with two attached hydrogens (primary N) is 2. The van der Waals surface area contributed by atoms with E-state index in [1.807, 2.05) is 121 Å². The van der Waals surface area contributed by atoms with Crippen LogP contribution in [0.3, 0.4) is 0 Å². The maximum absolute atomic E-state index is 13.2. The number of ether oxygens (including phenoxy) is 5. The Balaban J connectivity index is 1.26. The van der Waals surface area contributed by atoms with Gasteiger partial charge >= 0.3 is 24.0 Å². The molecule has 1 amide bonds. The van der Waals surface area contributed by atoms with Crippen LogP contribution in [0.1, 0.15) is 27.8 Å². The fourth-order valence-corrected chi connectivity index (χ4v) is 5.93. The second-order valence-electron chi connectivity index (χ2n) is 13.8. The molecule has 3 unspecified atom stereocenters. The van der Waals surface area contributed by atoms with E-state index < -0.39 is 42.1 Å². The molecule has 0 heterocycles. The van der Waals surface area contributed by atoms with Gasteiger partial charge in [-0.3, -0.25) is 14.5 Å². The number of alkyl carbamates (subject to hydrolysis) is 1. The maximum atomic E-state index is 13.2. The zero-order chi connectivity index (χ0) is 41.7. The van der Waals surface area contributed by atoms with E-state index in [0.717, 1.165) is 27.8 Å². The zero-order valence-corrected chi connectivity index (χ0v) is 32.7. The van der Waals surface area contributed by atoms with Crippen LogP contribution < -0.4 is 21.5 Å². The molecule has 13 nitrogen and oxygen atoms in total. The highest BCUT2D eigenvalue weighted by Gasteiger charge is 2.27. The topological polar surface area (TPSA) is 182 Å². The molecule has 13 heteroatoms. The van der Waals surface area contributed by atoms with E-state index in [2.05, 4.69) is 5.32 Å². The van der Waals surface area contributed by atoms with Gasteiger partial charge in [0.15, 0.2) is 6.61 Å². The number of esters is 3. The fraction of sp³-hybridized carbons (Fsp3) is 0.261. The number of carbonyl (C=O) groups is 4. The fourth-order valence-electron chi connectivity index (χ4n) is 5.93. The van der Waals surface area contributed by atoms with Gasteiger partial charge in [-0.25, -0.2) is 9.59 Å². The number of nitrogens with one attached hydrogen (secondary N) is 1. The summed E-state index contributed by atoms with van der Waals surface area (Å²) in [5.41, 5.74) is 16.9. The molecule has 0 aliphatic heterocycles. The summed E-state index contributed by atoms with van der Waals surface area (Å²) >= 11 is 0. The van der Waals surface area contributed by atoms with Crippen molar-refractivity contribution in [3.05, 3.63) is 173 Å². The van der Waals surface area contributed by atoms with Crippen molar-refractivity contribution in [1.82, 2.24) is 10.2 Å². The molecule has 308 valence electrons. The lowest BCUT2D eigenvalue weighted by molar-refractivity contribution is -0.148. The van der Waals surface area contributed by atoms with Crippen LogP contribution >= 0.6 is 0 Å². The molecule has 5 aromatic carbocycles. The first-order valence-corrected chi connectivity index (χ1v) is 19.2. The van der Waals surface area contributed by atoms with Gasteiger partial charge in [0.25, 0.3) is 0 Å². The van der Waals surface area contributed by atoms with E-state index in [1.54, 1.807) is 29.2 Å². The lowest BCUT2D eigenvalue weighted by Crippen LogP contribution is -2.54. The summed E-state index contributed by atoms with van der Waals surface area (Å²) < 4.78 is 27.5. The largest absolute Gasteiger partial charge is 0.482 e. The second kappa shape index (κ2) is 23.6. The van der Waals surface area contributed by atoms with Crippen LogP contribution in [0, 0.1) is 0 Å². The minimum absolute atomic E-state index is 0.0325. The molecule has 3 atom stereocenters. The average molecular weight is 803 g/mol. The number of amides is 1. The second-order valence-corrected chi connectivity index (χ2v) is 13.8. The van der Waals surface area contributed by atoms with Crippen LogP contribution in [0.15, 0.2) is 146 Å². The van der Waals surface area contributed by atoms with Crippen molar-refractivity contribution in [3.8, 4) is 5.75 Å². The van der Waals surface area contributed by atoms with E-state index in [0.29, 0.717) is 5.75 Å².